The molecule has 1 rings (SSSR count). The van der Waals surface area contributed by atoms with E-state index in [9.17, 15) is 4.79 Å². The number of hydrogen-bond acceptors (Lipinski definition) is 3. The molecular formula is C17H28N2O2. The van der Waals surface area contributed by atoms with E-state index >= 15 is 0 Å². The minimum atomic E-state index is -0.395. The van der Waals surface area contributed by atoms with E-state index in [0.29, 0.717) is 19.1 Å². The van der Waals surface area contributed by atoms with Crippen molar-refractivity contribution in [2.24, 2.45) is 11.7 Å². The molecule has 0 heterocycles. The van der Waals surface area contributed by atoms with E-state index in [2.05, 4.69) is 26.1 Å². The topological polar surface area (TPSA) is 64.3 Å². The molecule has 4 nitrogen and oxygen atoms in total. The SMILES string of the molecule is Cc1ccc(OCCCCNC(=O)[C@@H](N)CC(C)C)cc1. The lowest BCUT2D eigenvalue weighted by Crippen LogP contribution is -2.41. The van der Waals surface area contributed by atoms with Crippen molar-refractivity contribution in [2.45, 2.75) is 46.1 Å². The van der Waals surface area contributed by atoms with Crippen LogP contribution in [0.4, 0.5) is 0 Å². The fraction of sp³-hybridized carbons (Fsp3) is 0.588. The molecule has 118 valence electrons. The van der Waals surface area contributed by atoms with Gasteiger partial charge in [-0.25, -0.2) is 0 Å². The third kappa shape index (κ3) is 7.71. The quantitative estimate of drug-likeness (QED) is 0.688. The van der Waals surface area contributed by atoms with Gasteiger partial charge in [-0.1, -0.05) is 31.5 Å². The zero-order valence-electron chi connectivity index (χ0n) is 13.4. The molecule has 0 aliphatic heterocycles. The predicted octanol–water partition coefficient (Wildman–Crippen LogP) is 2.64. The van der Waals surface area contributed by atoms with Crippen LogP contribution in [0.1, 0.15) is 38.7 Å². The molecule has 3 N–H and O–H groups in total. The van der Waals surface area contributed by atoms with Crippen LogP contribution in [0.15, 0.2) is 24.3 Å². The van der Waals surface area contributed by atoms with Crippen LogP contribution < -0.4 is 15.8 Å². The fourth-order valence-corrected chi connectivity index (χ4v) is 2.01. The van der Waals surface area contributed by atoms with Crippen molar-refractivity contribution < 1.29 is 9.53 Å². The van der Waals surface area contributed by atoms with Gasteiger partial charge in [-0.2, -0.15) is 0 Å². The number of nitrogens with two attached hydrogens (primary N) is 1. The van der Waals surface area contributed by atoms with Crippen molar-refractivity contribution in [1.29, 1.82) is 0 Å². The number of aryl methyl sites for hydroxylation is 1. The summed E-state index contributed by atoms with van der Waals surface area (Å²) in [5, 5.41) is 2.87. The Morgan fingerprint density at radius 3 is 2.52 bits per heavy atom. The summed E-state index contributed by atoms with van der Waals surface area (Å²) in [7, 11) is 0. The van der Waals surface area contributed by atoms with Gasteiger partial charge in [0.2, 0.25) is 5.91 Å². The zero-order chi connectivity index (χ0) is 15.7. The maximum atomic E-state index is 11.7. The Morgan fingerprint density at radius 2 is 1.90 bits per heavy atom. The molecule has 0 radical (unpaired) electrons. The van der Waals surface area contributed by atoms with Crippen molar-refractivity contribution in [1.82, 2.24) is 5.32 Å². The molecule has 0 bridgehead atoms. The van der Waals surface area contributed by atoms with E-state index in [4.69, 9.17) is 10.5 Å². The van der Waals surface area contributed by atoms with Crippen molar-refractivity contribution in [3.8, 4) is 5.75 Å². The van der Waals surface area contributed by atoms with E-state index in [1.165, 1.54) is 5.56 Å². The smallest absolute Gasteiger partial charge is 0.236 e. The minimum Gasteiger partial charge on any atom is -0.494 e. The van der Waals surface area contributed by atoms with Gasteiger partial charge in [0.15, 0.2) is 0 Å². The first-order chi connectivity index (χ1) is 9.99. The molecule has 1 atom stereocenters. The van der Waals surface area contributed by atoms with Crippen LogP contribution in [0, 0.1) is 12.8 Å². The van der Waals surface area contributed by atoms with Gasteiger partial charge >= 0.3 is 0 Å². The monoisotopic (exact) mass is 292 g/mol. The van der Waals surface area contributed by atoms with Crippen molar-refractivity contribution >= 4 is 5.91 Å². The highest BCUT2D eigenvalue weighted by Gasteiger charge is 2.13. The fourth-order valence-electron chi connectivity index (χ4n) is 2.01. The highest BCUT2D eigenvalue weighted by Crippen LogP contribution is 2.11. The second-order valence-corrected chi connectivity index (χ2v) is 5.90. The average molecular weight is 292 g/mol. The second-order valence-electron chi connectivity index (χ2n) is 5.90. The summed E-state index contributed by atoms with van der Waals surface area (Å²) in [5.41, 5.74) is 7.04. The van der Waals surface area contributed by atoms with Crippen LogP contribution in [-0.4, -0.2) is 25.1 Å². The Hall–Kier alpha value is -1.55. The minimum absolute atomic E-state index is 0.0526. The summed E-state index contributed by atoms with van der Waals surface area (Å²) in [4.78, 5) is 11.7. The normalized spacial score (nSPS) is 12.2. The average Bonchev–Trinajstić information content (AvgIpc) is 2.43. The molecule has 0 unspecified atom stereocenters. The number of nitrogens with one attached hydrogen (secondary N) is 1. The highest BCUT2D eigenvalue weighted by molar-refractivity contribution is 5.81. The third-order valence-corrected chi connectivity index (χ3v) is 3.22. The first-order valence-corrected chi connectivity index (χ1v) is 7.72. The summed E-state index contributed by atoms with van der Waals surface area (Å²) in [6, 6.07) is 7.62. The van der Waals surface area contributed by atoms with Gasteiger partial charge in [0.1, 0.15) is 5.75 Å². The number of amides is 1. The number of unbranched alkanes of at least 4 members (excludes halogenated alkanes) is 1. The number of benzene rings is 1. The molecule has 0 spiro atoms. The molecule has 21 heavy (non-hydrogen) atoms. The van der Waals surface area contributed by atoms with Crippen LogP contribution in [-0.2, 0) is 4.79 Å². The molecule has 1 aromatic carbocycles. The Morgan fingerprint density at radius 1 is 1.24 bits per heavy atom. The maximum Gasteiger partial charge on any atom is 0.236 e. The van der Waals surface area contributed by atoms with Crippen LogP contribution in [0.25, 0.3) is 0 Å². The first kappa shape index (κ1) is 17.5. The lowest BCUT2D eigenvalue weighted by molar-refractivity contribution is -0.122. The lowest BCUT2D eigenvalue weighted by Gasteiger charge is -2.14. The molecule has 0 aliphatic rings. The van der Waals surface area contributed by atoms with Crippen LogP contribution in [0.2, 0.25) is 0 Å². The van der Waals surface area contributed by atoms with Gasteiger partial charge in [-0.3, -0.25) is 4.79 Å². The van der Waals surface area contributed by atoms with Gasteiger partial charge in [-0.05, 0) is 44.2 Å². The third-order valence-electron chi connectivity index (χ3n) is 3.22. The standard InChI is InChI=1S/C17H28N2O2/c1-13(2)12-16(18)17(20)19-10-4-5-11-21-15-8-6-14(3)7-9-15/h6-9,13,16H,4-5,10-12,18H2,1-3H3,(H,19,20)/t16-/m0/s1. The molecular weight excluding hydrogens is 264 g/mol. The van der Waals surface area contributed by atoms with Crippen molar-refractivity contribution in [2.75, 3.05) is 13.2 Å². The molecule has 0 aliphatic carbocycles. The van der Waals surface area contributed by atoms with Crippen LogP contribution >= 0.6 is 0 Å². The van der Waals surface area contributed by atoms with E-state index in [1.807, 2.05) is 24.3 Å². The predicted molar refractivity (Wildman–Crippen MR) is 86.3 cm³/mol. The number of hydrogen-bond donors (Lipinski definition) is 2. The molecule has 1 aromatic rings. The number of carbonyl (C=O) groups excluding carboxylic acids is 1. The number of rotatable bonds is 9. The maximum absolute atomic E-state index is 11.7. The summed E-state index contributed by atoms with van der Waals surface area (Å²) in [6.45, 7) is 7.50. The van der Waals surface area contributed by atoms with E-state index in [-0.39, 0.29) is 5.91 Å². The van der Waals surface area contributed by atoms with Gasteiger partial charge in [0, 0.05) is 6.54 Å². The summed E-state index contributed by atoms with van der Waals surface area (Å²) in [5.74, 6) is 1.28. The second kappa shape index (κ2) is 9.40. The van der Waals surface area contributed by atoms with Gasteiger partial charge < -0.3 is 15.8 Å². The molecule has 4 heteroatoms. The largest absolute Gasteiger partial charge is 0.494 e. The molecule has 1 amide bonds. The van der Waals surface area contributed by atoms with Gasteiger partial charge in [0.05, 0.1) is 12.6 Å². The Kier molecular flexibility index (Phi) is 7.83. The highest BCUT2D eigenvalue weighted by atomic mass is 16.5. The molecule has 0 saturated carbocycles. The Bertz CT molecular complexity index is 415. The van der Waals surface area contributed by atoms with Gasteiger partial charge in [0.25, 0.3) is 0 Å². The number of ether oxygens (including phenoxy) is 1. The summed E-state index contributed by atoms with van der Waals surface area (Å²) in [6.07, 6.45) is 2.53. The molecule has 0 fully saturated rings. The van der Waals surface area contributed by atoms with E-state index in [0.717, 1.165) is 25.0 Å². The first-order valence-electron chi connectivity index (χ1n) is 7.72. The van der Waals surface area contributed by atoms with Crippen LogP contribution in [0.5, 0.6) is 5.75 Å². The zero-order valence-corrected chi connectivity index (χ0v) is 13.4. The van der Waals surface area contributed by atoms with E-state index < -0.39 is 6.04 Å². The lowest BCUT2D eigenvalue weighted by atomic mass is 10.0. The summed E-state index contributed by atoms with van der Waals surface area (Å²) >= 11 is 0. The Labute approximate surface area is 128 Å². The van der Waals surface area contributed by atoms with Crippen LogP contribution in [0.3, 0.4) is 0 Å². The van der Waals surface area contributed by atoms with E-state index in [1.54, 1.807) is 0 Å². The summed E-state index contributed by atoms with van der Waals surface area (Å²) < 4.78 is 5.63. The van der Waals surface area contributed by atoms with Gasteiger partial charge in [-0.15, -0.1) is 0 Å². The van der Waals surface area contributed by atoms with Crippen molar-refractivity contribution in [3.63, 3.8) is 0 Å². The van der Waals surface area contributed by atoms with Crippen molar-refractivity contribution in [3.05, 3.63) is 29.8 Å². The molecule has 0 aromatic heterocycles. The number of carbonyl (C=O) groups is 1. The molecule has 0 saturated heterocycles. The Balaban J connectivity index is 2.06.